The number of carboxylic acid groups (broad SMARTS) is 1. The molecule has 0 saturated heterocycles. The Morgan fingerprint density at radius 1 is 1.38 bits per heavy atom. The van der Waals surface area contributed by atoms with Gasteiger partial charge in [-0.25, -0.2) is 9.18 Å². The third kappa shape index (κ3) is 4.83. The van der Waals surface area contributed by atoms with Gasteiger partial charge in [-0.15, -0.1) is 0 Å². The predicted octanol–water partition coefficient (Wildman–Crippen LogP) is 1.92. The molecule has 1 aromatic carbocycles. The number of halogens is 1. The lowest BCUT2D eigenvalue weighted by molar-refractivity contribution is -0.131. The molecule has 0 aliphatic rings. The molecule has 21 heavy (non-hydrogen) atoms. The Morgan fingerprint density at radius 3 is 2.52 bits per heavy atom. The molecule has 0 aliphatic heterocycles. The van der Waals surface area contributed by atoms with Gasteiger partial charge < -0.3 is 5.11 Å². The van der Waals surface area contributed by atoms with E-state index in [0.29, 0.717) is 13.1 Å². The molecule has 1 aromatic rings. The maximum atomic E-state index is 13.5. The highest BCUT2D eigenvalue weighted by Gasteiger charge is 2.18. The lowest BCUT2D eigenvalue weighted by atomic mass is 10.2. The molecule has 8 heteroatoms. The van der Waals surface area contributed by atoms with Gasteiger partial charge in [-0.1, -0.05) is 13.8 Å². The van der Waals surface area contributed by atoms with Crippen LogP contribution in [0.1, 0.15) is 19.4 Å². The zero-order valence-electron chi connectivity index (χ0n) is 11.7. The summed E-state index contributed by atoms with van der Waals surface area (Å²) in [5.41, 5.74) is 0.144. The Morgan fingerprint density at radius 2 is 2.00 bits per heavy atom. The highest BCUT2D eigenvalue weighted by atomic mass is 32.2. The number of nitrogens with zero attached hydrogens (tertiary/aromatic N) is 1. The van der Waals surface area contributed by atoms with Crippen LogP contribution in [0.3, 0.4) is 0 Å². The molecule has 0 aliphatic carbocycles. The SMILES string of the molecule is CCN(CC)S(=O)(=O)Nc1ccc(F)c(/C=C/C(=O)O)c1. The van der Waals surface area contributed by atoms with E-state index in [4.69, 9.17) is 5.11 Å². The summed E-state index contributed by atoms with van der Waals surface area (Å²) in [7, 11) is -3.72. The number of carboxylic acids is 1. The predicted molar refractivity (Wildman–Crippen MR) is 78.5 cm³/mol. The van der Waals surface area contributed by atoms with E-state index in [9.17, 15) is 17.6 Å². The van der Waals surface area contributed by atoms with E-state index in [-0.39, 0.29) is 11.3 Å². The molecule has 0 bridgehead atoms. The molecule has 0 fully saturated rings. The molecule has 2 N–H and O–H groups in total. The van der Waals surface area contributed by atoms with E-state index >= 15 is 0 Å². The molecule has 0 unspecified atom stereocenters. The van der Waals surface area contributed by atoms with Gasteiger partial charge in [0.2, 0.25) is 0 Å². The molecule has 0 amide bonds. The second-order valence-corrected chi connectivity index (χ2v) is 5.77. The first-order valence-electron chi connectivity index (χ1n) is 6.28. The Balaban J connectivity index is 3.05. The van der Waals surface area contributed by atoms with Crippen LogP contribution in [0, 0.1) is 5.82 Å². The zero-order valence-corrected chi connectivity index (χ0v) is 12.5. The first kappa shape index (κ1) is 17.1. The molecule has 0 aromatic heterocycles. The lowest BCUT2D eigenvalue weighted by Gasteiger charge is -2.19. The van der Waals surface area contributed by atoms with Crippen molar-refractivity contribution in [3.05, 3.63) is 35.7 Å². The minimum atomic E-state index is -3.72. The Bertz CT molecular complexity index is 640. The van der Waals surface area contributed by atoms with Crippen molar-refractivity contribution in [2.75, 3.05) is 17.8 Å². The van der Waals surface area contributed by atoms with Crippen molar-refractivity contribution in [2.24, 2.45) is 0 Å². The average molecular weight is 316 g/mol. The molecular formula is C13H17FN2O4S. The van der Waals surface area contributed by atoms with Crippen LogP contribution >= 0.6 is 0 Å². The quantitative estimate of drug-likeness (QED) is 0.752. The fraction of sp³-hybridized carbons (Fsp3) is 0.308. The van der Waals surface area contributed by atoms with Crippen LogP contribution in [0.15, 0.2) is 24.3 Å². The smallest absolute Gasteiger partial charge is 0.328 e. The number of aliphatic carboxylic acids is 1. The zero-order chi connectivity index (χ0) is 16.0. The van der Waals surface area contributed by atoms with Gasteiger partial charge in [0.25, 0.3) is 0 Å². The first-order chi connectivity index (χ1) is 9.80. The second kappa shape index (κ2) is 7.19. The molecule has 116 valence electrons. The summed E-state index contributed by atoms with van der Waals surface area (Å²) in [6, 6.07) is 3.58. The van der Waals surface area contributed by atoms with E-state index in [0.717, 1.165) is 18.2 Å². The molecule has 0 atom stereocenters. The number of carbonyl (C=O) groups is 1. The molecule has 0 radical (unpaired) electrons. The Kier molecular flexibility index (Phi) is 5.86. The Hall–Kier alpha value is -1.93. The van der Waals surface area contributed by atoms with Crippen LogP contribution in [0.4, 0.5) is 10.1 Å². The summed E-state index contributed by atoms with van der Waals surface area (Å²) in [6.07, 6.45) is 1.84. The normalized spacial score (nSPS) is 12.0. The van der Waals surface area contributed by atoms with Crippen molar-refractivity contribution < 1.29 is 22.7 Å². The monoisotopic (exact) mass is 316 g/mol. The highest BCUT2D eigenvalue weighted by molar-refractivity contribution is 7.90. The van der Waals surface area contributed by atoms with E-state index in [1.54, 1.807) is 13.8 Å². The van der Waals surface area contributed by atoms with Crippen molar-refractivity contribution >= 4 is 27.9 Å². The number of rotatable bonds is 7. The van der Waals surface area contributed by atoms with Crippen LogP contribution in [0.2, 0.25) is 0 Å². The van der Waals surface area contributed by atoms with Crippen molar-refractivity contribution in [3.8, 4) is 0 Å². The van der Waals surface area contributed by atoms with Crippen molar-refractivity contribution in [1.82, 2.24) is 4.31 Å². The molecule has 0 spiro atoms. The van der Waals surface area contributed by atoms with Gasteiger partial charge in [-0.05, 0) is 24.3 Å². The van der Waals surface area contributed by atoms with Gasteiger partial charge in [0.1, 0.15) is 5.82 Å². The highest BCUT2D eigenvalue weighted by Crippen LogP contribution is 2.18. The second-order valence-electron chi connectivity index (χ2n) is 4.10. The summed E-state index contributed by atoms with van der Waals surface area (Å²) >= 11 is 0. The average Bonchev–Trinajstić information content (AvgIpc) is 2.40. The lowest BCUT2D eigenvalue weighted by Crippen LogP contribution is -2.35. The number of anilines is 1. The Labute approximate surface area is 123 Å². The molecular weight excluding hydrogens is 299 g/mol. The van der Waals surface area contributed by atoms with Gasteiger partial charge >= 0.3 is 16.2 Å². The minimum absolute atomic E-state index is 0.0165. The van der Waals surface area contributed by atoms with Crippen LogP contribution < -0.4 is 4.72 Å². The van der Waals surface area contributed by atoms with Gasteiger partial charge in [0.05, 0.1) is 5.69 Å². The van der Waals surface area contributed by atoms with E-state index in [1.165, 1.54) is 16.4 Å². The molecule has 0 saturated carbocycles. The van der Waals surface area contributed by atoms with Gasteiger partial charge in [0, 0.05) is 24.7 Å². The van der Waals surface area contributed by atoms with Crippen molar-refractivity contribution in [2.45, 2.75) is 13.8 Å². The number of nitrogens with one attached hydrogen (secondary N) is 1. The van der Waals surface area contributed by atoms with Crippen LogP contribution in [-0.2, 0) is 15.0 Å². The standard InChI is InChI=1S/C13H17FN2O4S/c1-3-16(4-2)21(19,20)15-11-6-7-12(14)10(9-11)5-8-13(17)18/h5-9,15H,3-4H2,1-2H3,(H,17,18)/b8-5+. The number of hydrogen-bond donors (Lipinski definition) is 2. The minimum Gasteiger partial charge on any atom is -0.478 e. The third-order valence-electron chi connectivity index (χ3n) is 2.69. The molecule has 1 rings (SSSR count). The molecule has 6 nitrogen and oxygen atoms in total. The topological polar surface area (TPSA) is 86.7 Å². The van der Waals surface area contributed by atoms with Crippen LogP contribution in [0.5, 0.6) is 0 Å². The maximum Gasteiger partial charge on any atom is 0.328 e. The summed E-state index contributed by atoms with van der Waals surface area (Å²) in [5, 5.41) is 8.53. The summed E-state index contributed by atoms with van der Waals surface area (Å²) in [4.78, 5) is 10.4. The third-order valence-corrected chi connectivity index (χ3v) is 4.38. The van der Waals surface area contributed by atoms with Gasteiger partial charge in [0.15, 0.2) is 0 Å². The van der Waals surface area contributed by atoms with E-state index in [1.807, 2.05) is 0 Å². The summed E-state index contributed by atoms with van der Waals surface area (Å²) in [5.74, 6) is -1.86. The summed E-state index contributed by atoms with van der Waals surface area (Å²) in [6.45, 7) is 4.01. The van der Waals surface area contributed by atoms with Gasteiger partial charge in [-0.3, -0.25) is 4.72 Å². The maximum absolute atomic E-state index is 13.5. The fourth-order valence-corrected chi connectivity index (χ4v) is 2.91. The van der Waals surface area contributed by atoms with Crippen LogP contribution in [0.25, 0.3) is 6.08 Å². The molecule has 0 heterocycles. The van der Waals surface area contributed by atoms with Crippen LogP contribution in [-0.4, -0.2) is 36.9 Å². The largest absolute Gasteiger partial charge is 0.478 e. The van der Waals surface area contributed by atoms with Crippen molar-refractivity contribution in [1.29, 1.82) is 0 Å². The summed E-state index contributed by atoms with van der Waals surface area (Å²) < 4.78 is 41.1. The fourth-order valence-electron chi connectivity index (χ4n) is 1.67. The number of benzene rings is 1. The first-order valence-corrected chi connectivity index (χ1v) is 7.72. The van der Waals surface area contributed by atoms with E-state index in [2.05, 4.69) is 4.72 Å². The van der Waals surface area contributed by atoms with Crippen molar-refractivity contribution in [3.63, 3.8) is 0 Å². The van der Waals surface area contributed by atoms with Gasteiger partial charge in [-0.2, -0.15) is 12.7 Å². The number of hydrogen-bond acceptors (Lipinski definition) is 3. The van der Waals surface area contributed by atoms with E-state index < -0.39 is 22.0 Å².